The summed E-state index contributed by atoms with van der Waals surface area (Å²) in [6.45, 7) is 4.79. The van der Waals surface area contributed by atoms with Gasteiger partial charge < -0.3 is 20.1 Å². The summed E-state index contributed by atoms with van der Waals surface area (Å²) in [5, 5.41) is 15.4. The average Bonchev–Trinajstić information content (AvgIpc) is 2.79. The summed E-state index contributed by atoms with van der Waals surface area (Å²) in [4.78, 5) is 28.5. The Bertz CT molecular complexity index is 1070. The molecule has 2 N–H and O–H groups in total. The number of ether oxygens (including phenoxy) is 2. The van der Waals surface area contributed by atoms with Crippen molar-refractivity contribution in [3.63, 3.8) is 0 Å². The number of carbonyl (C=O) groups is 2. The Balaban J connectivity index is 1.47. The van der Waals surface area contributed by atoms with Crippen molar-refractivity contribution in [3.8, 4) is 22.9 Å². The molecule has 1 aromatic carbocycles. The molecule has 172 valence electrons. The van der Waals surface area contributed by atoms with E-state index in [2.05, 4.69) is 21.7 Å². The van der Waals surface area contributed by atoms with E-state index >= 15 is 0 Å². The third-order valence-electron chi connectivity index (χ3n) is 6.27. The summed E-state index contributed by atoms with van der Waals surface area (Å²) >= 11 is 0. The van der Waals surface area contributed by atoms with E-state index in [9.17, 15) is 14.9 Å². The van der Waals surface area contributed by atoms with Crippen LogP contribution in [-0.2, 0) is 14.3 Å². The van der Waals surface area contributed by atoms with Crippen molar-refractivity contribution < 1.29 is 19.1 Å². The van der Waals surface area contributed by atoms with E-state index in [4.69, 9.17) is 9.47 Å². The Labute approximate surface area is 193 Å². The zero-order chi connectivity index (χ0) is 23.4. The summed E-state index contributed by atoms with van der Waals surface area (Å²) in [5.74, 6) is 0.605. The first-order valence-corrected chi connectivity index (χ1v) is 11.3. The van der Waals surface area contributed by atoms with Crippen LogP contribution in [0.5, 0.6) is 5.75 Å². The van der Waals surface area contributed by atoms with Gasteiger partial charge in [-0.25, -0.2) is 4.98 Å². The zero-order valence-corrected chi connectivity index (χ0v) is 18.8. The molecule has 2 heterocycles. The highest BCUT2D eigenvalue weighted by Crippen LogP contribution is 2.35. The Morgan fingerprint density at radius 3 is 2.64 bits per heavy atom. The van der Waals surface area contributed by atoms with Crippen LogP contribution in [0.25, 0.3) is 11.1 Å². The highest BCUT2D eigenvalue weighted by molar-refractivity contribution is 5.94. The molecule has 1 saturated heterocycles. The van der Waals surface area contributed by atoms with Crippen LogP contribution >= 0.6 is 0 Å². The molecule has 0 bridgehead atoms. The lowest BCUT2D eigenvalue weighted by Gasteiger charge is -2.41. The maximum absolute atomic E-state index is 12.8. The second kappa shape index (κ2) is 10.0. The average molecular weight is 449 g/mol. The van der Waals surface area contributed by atoms with Gasteiger partial charge in [0, 0.05) is 32.0 Å². The Kier molecular flexibility index (Phi) is 6.90. The molecule has 2 amide bonds. The SMILES string of the molecule is CC(=O)NC1CC(C)C1C(=O)Nc1cc(-c2ccc(OC3CCOCC3)c(C#N)c2)ccn1. The van der Waals surface area contributed by atoms with Crippen molar-refractivity contribution in [2.75, 3.05) is 18.5 Å². The van der Waals surface area contributed by atoms with E-state index in [0.29, 0.717) is 30.3 Å². The number of anilines is 1. The predicted octanol–water partition coefficient (Wildman–Crippen LogP) is 3.28. The molecule has 33 heavy (non-hydrogen) atoms. The minimum atomic E-state index is -0.286. The predicted molar refractivity (Wildman–Crippen MR) is 122 cm³/mol. The Morgan fingerprint density at radius 2 is 1.94 bits per heavy atom. The number of pyridine rings is 1. The van der Waals surface area contributed by atoms with Crippen LogP contribution in [0.2, 0.25) is 0 Å². The van der Waals surface area contributed by atoms with Gasteiger partial charge >= 0.3 is 0 Å². The van der Waals surface area contributed by atoms with Gasteiger partial charge in [0.15, 0.2) is 0 Å². The van der Waals surface area contributed by atoms with Crippen molar-refractivity contribution in [3.05, 3.63) is 42.1 Å². The van der Waals surface area contributed by atoms with Gasteiger partial charge in [-0.05, 0) is 47.7 Å². The van der Waals surface area contributed by atoms with E-state index in [-0.39, 0.29) is 35.8 Å². The number of nitriles is 1. The zero-order valence-electron chi connectivity index (χ0n) is 18.8. The molecule has 1 aliphatic carbocycles. The molecule has 1 saturated carbocycles. The van der Waals surface area contributed by atoms with Crippen molar-refractivity contribution >= 4 is 17.6 Å². The van der Waals surface area contributed by atoms with E-state index in [0.717, 1.165) is 30.4 Å². The van der Waals surface area contributed by atoms with Gasteiger partial charge in [-0.2, -0.15) is 5.26 Å². The van der Waals surface area contributed by atoms with Crippen LogP contribution in [0.1, 0.15) is 38.7 Å². The van der Waals surface area contributed by atoms with Gasteiger partial charge in [0.2, 0.25) is 11.8 Å². The topological polar surface area (TPSA) is 113 Å². The lowest BCUT2D eigenvalue weighted by Crippen LogP contribution is -2.55. The molecule has 2 aromatic rings. The fraction of sp³-hybridized carbons (Fsp3) is 0.440. The first kappa shape index (κ1) is 22.7. The number of benzene rings is 1. The summed E-state index contributed by atoms with van der Waals surface area (Å²) < 4.78 is 11.4. The maximum atomic E-state index is 12.8. The van der Waals surface area contributed by atoms with Gasteiger partial charge in [0.05, 0.1) is 24.7 Å². The van der Waals surface area contributed by atoms with Gasteiger partial charge in [-0.1, -0.05) is 13.0 Å². The molecular formula is C25H28N4O4. The molecule has 3 atom stereocenters. The van der Waals surface area contributed by atoms with E-state index in [1.54, 1.807) is 18.3 Å². The van der Waals surface area contributed by atoms with Crippen LogP contribution in [0.3, 0.4) is 0 Å². The summed E-state index contributed by atoms with van der Waals surface area (Å²) in [7, 11) is 0. The fourth-order valence-corrected chi connectivity index (χ4v) is 4.51. The molecule has 8 nitrogen and oxygen atoms in total. The largest absolute Gasteiger partial charge is 0.489 e. The van der Waals surface area contributed by atoms with Crippen LogP contribution < -0.4 is 15.4 Å². The summed E-state index contributed by atoms with van der Waals surface area (Å²) in [6.07, 6.45) is 4.07. The number of nitrogens with one attached hydrogen (secondary N) is 2. The number of aromatic nitrogens is 1. The van der Waals surface area contributed by atoms with Crippen molar-refractivity contribution in [1.29, 1.82) is 5.26 Å². The molecule has 0 radical (unpaired) electrons. The minimum Gasteiger partial charge on any atom is -0.489 e. The minimum absolute atomic E-state index is 0.0506. The molecule has 4 rings (SSSR count). The smallest absolute Gasteiger partial charge is 0.230 e. The van der Waals surface area contributed by atoms with Crippen LogP contribution in [0, 0.1) is 23.2 Å². The summed E-state index contributed by atoms with van der Waals surface area (Å²) in [6, 6.07) is 11.2. The molecular weight excluding hydrogens is 420 g/mol. The molecule has 2 aliphatic rings. The highest BCUT2D eigenvalue weighted by Gasteiger charge is 2.43. The number of carbonyl (C=O) groups excluding carboxylic acids is 2. The van der Waals surface area contributed by atoms with Crippen molar-refractivity contribution in [2.45, 2.75) is 45.3 Å². The van der Waals surface area contributed by atoms with Gasteiger partial charge in [-0.15, -0.1) is 0 Å². The summed E-state index contributed by atoms with van der Waals surface area (Å²) in [5.41, 5.74) is 2.12. The molecule has 8 heteroatoms. The van der Waals surface area contributed by atoms with Gasteiger partial charge in [0.1, 0.15) is 23.7 Å². The van der Waals surface area contributed by atoms with Crippen LogP contribution in [0.4, 0.5) is 5.82 Å². The second-order valence-electron chi connectivity index (χ2n) is 8.72. The molecule has 1 aromatic heterocycles. The maximum Gasteiger partial charge on any atom is 0.230 e. The lowest BCUT2D eigenvalue weighted by atomic mass is 9.69. The van der Waals surface area contributed by atoms with Crippen molar-refractivity contribution in [2.24, 2.45) is 11.8 Å². The van der Waals surface area contributed by atoms with E-state index in [1.807, 2.05) is 25.1 Å². The quantitative estimate of drug-likeness (QED) is 0.701. The second-order valence-corrected chi connectivity index (χ2v) is 8.72. The number of hydrogen-bond donors (Lipinski definition) is 2. The number of nitrogens with zero attached hydrogens (tertiary/aromatic N) is 2. The van der Waals surface area contributed by atoms with Crippen molar-refractivity contribution in [1.82, 2.24) is 10.3 Å². The Morgan fingerprint density at radius 1 is 1.18 bits per heavy atom. The van der Waals surface area contributed by atoms with E-state index < -0.39 is 0 Å². The highest BCUT2D eigenvalue weighted by atomic mass is 16.5. The first-order chi connectivity index (χ1) is 15.9. The third kappa shape index (κ3) is 5.32. The molecule has 0 spiro atoms. The Hall–Kier alpha value is -3.44. The van der Waals surface area contributed by atoms with Gasteiger partial charge in [-0.3, -0.25) is 9.59 Å². The normalized spacial score (nSPS) is 22.5. The number of hydrogen-bond acceptors (Lipinski definition) is 6. The van der Waals surface area contributed by atoms with Crippen LogP contribution in [0.15, 0.2) is 36.5 Å². The molecule has 3 unspecified atom stereocenters. The fourth-order valence-electron chi connectivity index (χ4n) is 4.51. The van der Waals surface area contributed by atoms with Crippen LogP contribution in [-0.4, -0.2) is 42.2 Å². The molecule has 1 aliphatic heterocycles. The van der Waals surface area contributed by atoms with E-state index in [1.165, 1.54) is 6.92 Å². The number of rotatable bonds is 6. The standard InChI is InChI=1S/C25H28N4O4/c1-15-11-21(28-16(2)30)24(15)25(31)29-23-13-18(5-8-27-23)17-3-4-22(19(12-17)14-26)33-20-6-9-32-10-7-20/h3-5,8,12-13,15,20-21,24H,6-7,9-11H2,1-2H3,(H,28,30)(H,27,29,31). The molecule has 2 fully saturated rings. The van der Waals surface area contributed by atoms with Gasteiger partial charge in [0.25, 0.3) is 0 Å². The lowest BCUT2D eigenvalue weighted by molar-refractivity contribution is -0.129. The first-order valence-electron chi connectivity index (χ1n) is 11.3. The third-order valence-corrected chi connectivity index (χ3v) is 6.27. The number of amides is 2. The monoisotopic (exact) mass is 448 g/mol.